The molecule has 1 aromatic carbocycles. The largest absolute Gasteiger partial charge is 0.480 e. The first-order valence-electron chi connectivity index (χ1n) is 4.99. The number of rotatable bonds is 4. The average molecular weight is 283 g/mol. The molecular formula is C11H10ClF3O3. The number of esters is 1. The third-order valence-electron chi connectivity index (χ3n) is 1.91. The molecule has 0 saturated carbocycles. The van der Waals surface area contributed by atoms with Gasteiger partial charge in [-0.1, -0.05) is 11.6 Å². The Labute approximate surface area is 106 Å². The Kier molecular flexibility index (Phi) is 4.84. The molecule has 0 aliphatic heterocycles. The third-order valence-corrected chi connectivity index (χ3v) is 2.22. The van der Waals surface area contributed by atoms with Crippen molar-refractivity contribution in [1.82, 2.24) is 0 Å². The lowest BCUT2D eigenvalue weighted by Gasteiger charge is -2.11. The van der Waals surface area contributed by atoms with Gasteiger partial charge in [-0.05, 0) is 25.1 Å². The van der Waals surface area contributed by atoms with Crippen molar-refractivity contribution in [3.63, 3.8) is 0 Å². The lowest BCUT2D eigenvalue weighted by molar-refractivity contribution is -0.145. The third kappa shape index (κ3) is 4.10. The Hall–Kier alpha value is -1.43. The topological polar surface area (TPSA) is 35.5 Å². The summed E-state index contributed by atoms with van der Waals surface area (Å²) in [7, 11) is 0. The highest BCUT2D eigenvalue weighted by molar-refractivity contribution is 6.32. The van der Waals surface area contributed by atoms with Crippen LogP contribution in [0.3, 0.4) is 0 Å². The second kappa shape index (κ2) is 5.95. The highest BCUT2D eigenvalue weighted by Crippen LogP contribution is 2.34. The maximum absolute atomic E-state index is 12.4. The molecular weight excluding hydrogens is 273 g/mol. The van der Waals surface area contributed by atoms with Gasteiger partial charge in [0, 0.05) is 0 Å². The van der Waals surface area contributed by atoms with E-state index in [1.807, 2.05) is 0 Å². The number of carbonyl (C=O) groups is 1. The van der Waals surface area contributed by atoms with Gasteiger partial charge in [0.15, 0.2) is 6.61 Å². The van der Waals surface area contributed by atoms with Crippen LogP contribution in [-0.4, -0.2) is 19.2 Å². The van der Waals surface area contributed by atoms with Crippen LogP contribution in [0.15, 0.2) is 18.2 Å². The fourth-order valence-electron chi connectivity index (χ4n) is 1.13. The van der Waals surface area contributed by atoms with Gasteiger partial charge in [0.25, 0.3) is 0 Å². The Bertz CT molecular complexity index is 432. The summed E-state index contributed by atoms with van der Waals surface area (Å²) in [5.41, 5.74) is -0.897. The number of benzene rings is 1. The van der Waals surface area contributed by atoms with E-state index < -0.39 is 24.3 Å². The molecule has 0 bridgehead atoms. The van der Waals surface area contributed by atoms with Gasteiger partial charge in [-0.25, -0.2) is 4.79 Å². The van der Waals surface area contributed by atoms with Crippen LogP contribution in [0.25, 0.3) is 0 Å². The molecule has 100 valence electrons. The van der Waals surface area contributed by atoms with Gasteiger partial charge in [0.05, 0.1) is 17.2 Å². The summed E-state index contributed by atoms with van der Waals surface area (Å²) in [6.45, 7) is 1.28. The van der Waals surface area contributed by atoms with Gasteiger partial charge >= 0.3 is 12.1 Å². The highest BCUT2D eigenvalue weighted by atomic mass is 35.5. The molecule has 0 spiro atoms. The van der Waals surface area contributed by atoms with Gasteiger partial charge in [-0.15, -0.1) is 0 Å². The van der Waals surface area contributed by atoms with Crippen molar-refractivity contribution in [3.8, 4) is 5.75 Å². The summed E-state index contributed by atoms with van der Waals surface area (Å²) in [5.74, 6) is -0.884. The van der Waals surface area contributed by atoms with E-state index >= 15 is 0 Å². The summed E-state index contributed by atoms with van der Waals surface area (Å²) in [6.07, 6.45) is -4.49. The standard InChI is InChI=1S/C11H10ClF3O3/c1-2-17-10(16)6-18-9-5-7(11(13,14)15)3-4-8(9)12/h3-5H,2,6H2,1H3. The molecule has 0 aliphatic rings. The van der Waals surface area contributed by atoms with Gasteiger partial charge in [0.1, 0.15) is 5.75 Å². The van der Waals surface area contributed by atoms with Crippen LogP contribution in [0.2, 0.25) is 5.02 Å². The number of hydrogen-bond acceptors (Lipinski definition) is 3. The van der Waals surface area contributed by atoms with Crippen LogP contribution >= 0.6 is 11.6 Å². The zero-order valence-corrected chi connectivity index (χ0v) is 10.1. The summed E-state index contributed by atoms with van der Waals surface area (Å²) in [5, 5.41) is -0.00713. The molecule has 3 nitrogen and oxygen atoms in total. The predicted molar refractivity (Wildman–Crippen MR) is 58.6 cm³/mol. The maximum Gasteiger partial charge on any atom is 0.416 e. The quantitative estimate of drug-likeness (QED) is 0.795. The van der Waals surface area contributed by atoms with Crippen molar-refractivity contribution < 1.29 is 27.4 Å². The van der Waals surface area contributed by atoms with E-state index in [9.17, 15) is 18.0 Å². The molecule has 0 saturated heterocycles. The number of alkyl halides is 3. The average Bonchev–Trinajstić information content (AvgIpc) is 2.26. The number of hydrogen-bond donors (Lipinski definition) is 0. The van der Waals surface area contributed by atoms with Crippen molar-refractivity contribution in [3.05, 3.63) is 28.8 Å². The Morgan fingerprint density at radius 3 is 2.61 bits per heavy atom. The van der Waals surface area contributed by atoms with Crippen molar-refractivity contribution >= 4 is 17.6 Å². The molecule has 0 atom stereocenters. The summed E-state index contributed by atoms with van der Waals surface area (Å²) in [6, 6.07) is 2.63. The summed E-state index contributed by atoms with van der Waals surface area (Å²) >= 11 is 5.66. The normalized spacial score (nSPS) is 11.2. The van der Waals surface area contributed by atoms with Gasteiger partial charge < -0.3 is 9.47 Å². The second-order valence-electron chi connectivity index (χ2n) is 3.24. The summed E-state index contributed by atoms with van der Waals surface area (Å²) < 4.78 is 46.7. The molecule has 1 rings (SSSR count). The van der Waals surface area contributed by atoms with E-state index in [-0.39, 0.29) is 17.4 Å². The summed E-state index contributed by atoms with van der Waals surface area (Å²) in [4.78, 5) is 11.0. The van der Waals surface area contributed by atoms with Gasteiger partial charge in [0.2, 0.25) is 0 Å². The van der Waals surface area contributed by atoms with Crippen molar-refractivity contribution in [1.29, 1.82) is 0 Å². The molecule has 0 heterocycles. The molecule has 0 aliphatic carbocycles. The van der Waals surface area contributed by atoms with Crippen LogP contribution in [0.1, 0.15) is 12.5 Å². The van der Waals surface area contributed by atoms with E-state index in [4.69, 9.17) is 16.3 Å². The Morgan fingerprint density at radius 1 is 1.39 bits per heavy atom. The van der Waals surface area contributed by atoms with E-state index in [0.717, 1.165) is 18.2 Å². The molecule has 0 fully saturated rings. The van der Waals surface area contributed by atoms with Crippen molar-refractivity contribution in [2.75, 3.05) is 13.2 Å². The molecule has 0 unspecified atom stereocenters. The van der Waals surface area contributed by atoms with E-state index in [1.165, 1.54) is 0 Å². The second-order valence-corrected chi connectivity index (χ2v) is 3.64. The zero-order valence-electron chi connectivity index (χ0n) is 9.38. The molecule has 18 heavy (non-hydrogen) atoms. The first-order valence-corrected chi connectivity index (χ1v) is 5.37. The molecule has 0 radical (unpaired) electrons. The first-order chi connectivity index (χ1) is 8.34. The maximum atomic E-state index is 12.4. The van der Waals surface area contributed by atoms with Gasteiger partial charge in [-0.2, -0.15) is 13.2 Å². The van der Waals surface area contributed by atoms with E-state index in [2.05, 4.69) is 4.74 Å². The fraction of sp³-hybridized carbons (Fsp3) is 0.364. The molecule has 0 aromatic heterocycles. The lowest BCUT2D eigenvalue weighted by Crippen LogP contribution is -2.15. The van der Waals surface area contributed by atoms with Crippen LogP contribution < -0.4 is 4.74 Å². The fourth-order valence-corrected chi connectivity index (χ4v) is 1.30. The van der Waals surface area contributed by atoms with E-state index in [1.54, 1.807) is 6.92 Å². The van der Waals surface area contributed by atoms with Crippen LogP contribution in [-0.2, 0) is 15.7 Å². The number of carbonyl (C=O) groups excluding carboxylic acids is 1. The highest BCUT2D eigenvalue weighted by Gasteiger charge is 2.31. The number of ether oxygens (including phenoxy) is 2. The molecule has 0 amide bonds. The van der Waals surface area contributed by atoms with Crippen LogP contribution in [0, 0.1) is 0 Å². The lowest BCUT2D eigenvalue weighted by atomic mass is 10.2. The zero-order chi connectivity index (χ0) is 13.8. The first kappa shape index (κ1) is 14.6. The van der Waals surface area contributed by atoms with E-state index in [0.29, 0.717) is 0 Å². The van der Waals surface area contributed by atoms with Gasteiger partial charge in [-0.3, -0.25) is 0 Å². The smallest absolute Gasteiger partial charge is 0.416 e. The van der Waals surface area contributed by atoms with Crippen molar-refractivity contribution in [2.24, 2.45) is 0 Å². The predicted octanol–water partition coefficient (Wildman–Crippen LogP) is 3.30. The van der Waals surface area contributed by atoms with Crippen molar-refractivity contribution in [2.45, 2.75) is 13.1 Å². The minimum Gasteiger partial charge on any atom is -0.480 e. The van der Waals surface area contributed by atoms with Crippen LogP contribution in [0.4, 0.5) is 13.2 Å². The molecule has 1 aromatic rings. The molecule has 0 N–H and O–H groups in total. The SMILES string of the molecule is CCOC(=O)COc1cc(C(F)(F)F)ccc1Cl. The molecule has 7 heteroatoms. The van der Waals surface area contributed by atoms with Crippen LogP contribution in [0.5, 0.6) is 5.75 Å². The Morgan fingerprint density at radius 2 is 2.06 bits per heavy atom. The number of halogens is 4. The minimum absolute atomic E-state index is 0.00713. The minimum atomic E-state index is -4.49. The Balaban J connectivity index is 2.79. The monoisotopic (exact) mass is 282 g/mol.